The van der Waals surface area contributed by atoms with E-state index in [1.807, 2.05) is 12.1 Å². The molecule has 2 amide bonds. The number of amides is 2. The van der Waals surface area contributed by atoms with Crippen LogP contribution in [-0.2, 0) is 9.47 Å². The minimum Gasteiger partial charge on any atom is -0.378 e. The molecular weight excluding hydrogens is 453 g/mol. The highest BCUT2D eigenvalue weighted by atomic mass is 19.1. The third-order valence-electron chi connectivity index (χ3n) is 5.70. The molecule has 2 aliphatic heterocycles. The first kappa shape index (κ1) is 22.9. The molecule has 182 valence electrons. The summed E-state index contributed by atoms with van der Waals surface area (Å²) in [6.45, 7) is 5.41. The van der Waals surface area contributed by atoms with E-state index < -0.39 is 6.03 Å². The van der Waals surface area contributed by atoms with Gasteiger partial charge in [0.2, 0.25) is 11.9 Å². The lowest BCUT2D eigenvalue weighted by atomic mass is 10.2. The third-order valence-corrected chi connectivity index (χ3v) is 5.70. The van der Waals surface area contributed by atoms with Crippen LogP contribution in [0.3, 0.4) is 0 Å². The van der Waals surface area contributed by atoms with Crippen LogP contribution in [0.5, 0.6) is 0 Å². The molecule has 35 heavy (non-hydrogen) atoms. The van der Waals surface area contributed by atoms with E-state index in [2.05, 4.69) is 20.4 Å². The summed E-state index contributed by atoms with van der Waals surface area (Å²) in [5.41, 5.74) is 1.90. The second kappa shape index (κ2) is 10.6. The Morgan fingerprint density at radius 1 is 0.714 bits per heavy atom. The molecule has 2 aliphatic rings. The number of hydrogen-bond donors (Lipinski definition) is 2. The van der Waals surface area contributed by atoms with Gasteiger partial charge in [-0.05, 0) is 48.5 Å². The normalized spacial score (nSPS) is 16.1. The third kappa shape index (κ3) is 5.81. The number of benzene rings is 2. The van der Waals surface area contributed by atoms with Gasteiger partial charge in [0, 0.05) is 43.1 Å². The topological polar surface area (TPSA) is 105 Å². The van der Waals surface area contributed by atoms with Gasteiger partial charge in [-0.15, -0.1) is 0 Å². The second-order valence-electron chi connectivity index (χ2n) is 8.12. The van der Waals surface area contributed by atoms with Gasteiger partial charge in [-0.2, -0.15) is 15.0 Å². The number of urea groups is 1. The van der Waals surface area contributed by atoms with E-state index in [1.54, 1.807) is 12.1 Å². The number of anilines is 4. The zero-order valence-electron chi connectivity index (χ0n) is 19.1. The molecule has 2 N–H and O–H groups in total. The molecule has 5 rings (SSSR count). The Labute approximate surface area is 202 Å². The predicted octanol–water partition coefficient (Wildman–Crippen LogP) is 2.99. The summed E-state index contributed by atoms with van der Waals surface area (Å²) < 4.78 is 24.0. The van der Waals surface area contributed by atoms with Crippen LogP contribution in [-0.4, -0.2) is 73.6 Å². The first-order valence-corrected chi connectivity index (χ1v) is 11.5. The lowest BCUT2D eigenvalue weighted by Crippen LogP contribution is -2.40. The maximum atomic E-state index is 13.1. The summed E-state index contributed by atoms with van der Waals surface area (Å²) in [4.78, 5) is 30.7. The SMILES string of the molecule is O=C(Nc1ccc(F)cc1)Nc1ccc(-c2nc(N3CCOCC3)nc(N3CCOCC3)n2)cc1. The highest BCUT2D eigenvalue weighted by Gasteiger charge is 2.21. The maximum Gasteiger partial charge on any atom is 0.323 e. The van der Waals surface area contributed by atoms with Gasteiger partial charge in [0.25, 0.3) is 0 Å². The van der Waals surface area contributed by atoms with Crippen LogP contribution in [0.25, 0.3) is 11.4 Å². The van der Waals surface area contributed by atoms with E-state index >= 15 is 0 Å². The van der Waals surface area contributed by atoms with Crippen molar-refractivity contribution in [2.45, 2.75) is 0 Å². The van der Waals surface area contributed by atoms with Crippen molar-refractivity contribution in [2.24, 2.45) is 0 Å². The van der Waals surface area contributed by atoms with Crippen molar-refractivity contribution in [3.63, 3.8) is 0 Å². The monoisotopic (exact) mass is 479 g/mol. The van der Waals surface area contributed by atoms with Crippen LogP contribution < -0.4 is 20.4 Å². The van der Waals surface area contributed by atoms with Gasteiger partial charge in [-0.25, -0.2) is 9.18 Å². The number of halogens is 1. The van der Waals surface area contributed by atoms with Gasteiger partial charge < -0.3 is 29.9 Å². The zero-order valence-corrected chi connectivity index (χ0v) is 19.1. The van der Waals surface area contributed by atoms with Gasteiger partial charge in [0.1, 0.15) is 5.82 Å². The fourth-order valence-electron chi connectivity index (χ4n) is 3.82. The van der Waals surface area contributed by atoms with E-state index in [0.29, 0.717) is 55.5 Å². The van der Waals surface area contributed by atoms with Gasteiger partial charge in [0.05, 0.1) is 26.4 Å². The zero-order chi connectivity index (χ0) is 24.0. The Morgan fingerprint density at radius 2 is 1.17 bits per heavy atom. The van der Waals surface area contributed by atoms with Crippen LogP contribution in [0, 0.1) is 5.82 Å². The van der Waals surface area contributed by atoms with Crippen LogP contribution in [0.2, 0.25) is 0 Å². The minimum absolute atomic E-state index is 0.363. The highest BCUT2D eigenvalue weighted by molar-refractivity contribution is 5.99. The van der Waals surface area contributed by atoms with Crippen LogP contribution in [0.1, 0.15) is 0 Å². The lowest BCUT2D eigenvalue weighted by Gasteiger charge is -2.30. The summed E-state index contributed by atoms with van der Waals surface area (Å²) in [6.07, 6.45) is 0. The predicted molar refractivity (Wildman–Crippen MR) is 130 cm³/mol. The van der Waals surface area contributed by atoms with E-state index in [9.17, 15) is 9.18 Å². The van der Waals surface area contributed by atoms with E-state index in [-0.39, 0.29) is 5.82 Å². The molecule has 3 aromatic rings. The number of morpholine rings is 2. The van der Waals surface area contributed by atoms with Crippen molar-refractivity contribution in [3.8, 4) is 11.4 Å². The quantitative estimate of drug-likeness (QED) is 0.576. The first-order valence-electron chi connectivity index (χ1n) is 11.5. The number of aromatic nitrogens is 3. The van der Waals surface area contributed by atoms with Crippen molar-refractivity contribution in [1.82, 2.24) is 15.0 Å². The Morgan fingerprint density at radius 3 is 1.66 bits per heavy atom. The summed E-state index contributed by atoms with van der Waals surface area (Å²) in [7, 11) is 0. The van der Waals surface area contributed by atoms with Crippen molar-refractivity contribution < 1.29 is 18.7 Å². The highest BCUT2D eigenvalue weighted by Crippen LogP contribution is 2.24. The number of nitrogens with zero attached hydrogens (tertiary/aromatic N) is 5. The maximum absolute atomic E-state index is 13.1. The second-order valence-corrected chi connectivity index (χ2v) is 8.12. The van der Waals surface area contributed by atoms with Gasteiger partial charge in [-0.1, -0.05) is 0 Å². The Balaban J connectivity index is 1.34. The number of ether oxygens (including phenoxy) is 2. The molecule has 1 aromatic heterocycles. The molecule has 2 aromatic carbocycles. The van der Waals surface area contributed by atoms with E-state index in [0.717, 1.165) is 31.7 Å². The first-order chi connectivity index (χ1) is 17.1. The Kier molecular flexibility index (Phi) is 6.96. The van der Waals surface area contributed by atoms with E-state index in [1.165, 1.54) is 24.3 Å². The summed E-state index contributed by atoms with van der Waals surface area (Å²) >= 11 is 0. The molecule has 10 nitrogen and oxygen atoms in total. The minimum atomic E-state index is -0.422. The standard InChI is InChI=1S/C24H26FN7O3/c25-18-3-7-20(8-4-18)27-24(33)26-19-5-1-17(2-6-19)21-28-22(31-9-13-34-14-10-31)30-23(29-21)32-11-15-35-16-12-32/h1-8H,9-16H2,(H2,26,27,33). The summed E-state index contributed by atoms with van der Waals surface area (Å²) in [5.74, 6) is 1.45. The molecule has 2 saturated heterocycles. The summed E-state index contributed by atoms with van der Waals surface area (Å²) in [6, 6.07) is 12.4. The van der Waals surface area contributed by atoms with Gasteiger partial charge in [0.15, 0.2) is 5.82 Å². The van der Waals surface area contributed by atoms with Crippen LogP contribution in [0.15, 0.2) is 48.5 Å². The average molecular weight is 480 g/mol. The molecule has 2 fully saturated rings. The molecule has 0 aliphatic carbocycles. The average Bonchev–Trinajstić information content (AvgIpc) is 2.91. The Bertz CT molecular complexity index is 1110. The molecule has 0 bridgehead atoms. The van der Waals surface area contributed by atoms with Crippen molar-refractivity contribution >= 4 is 29.3 Å². The molecule has 0 unspecified atom stereocenters. The number of carbonyl (C=O) groups excluding carboxylic acids is 1. The van der Waals surface area contributed by atoms with Crippen LogP contribution in [0.4, 0.5) is 32.5 Å². The fraction of sp³-hybridized carbons (Fsp3) is 0.333. The largest absolute Gasteiger partial charge is 0.378 e. The van der Waals surface area contributed by atoms with E-state index in [4.69, 9.17) is 24.4 Å². The van der Waals surface area contributed by atoms with Crippen molar-refractivity contribution in [1.29, 1.82) is 0 Å². The van der Waals surface area contributed by atoms with Crippen molar-refractivity contribution in [3.05, 3.63) is 54.3 Å². The fourth-order valence-corrected chi connectivity index (χ4v) is 3.82. The number of carbonyl (C=O) groups is 1. The molecule has 3 heterocycles. The number of nitrogens with one attached hydrogen (secondary N) is 2. The number of rotatable bonds is 5. The molecule has 0 spiro atoms. The molecule has 0 atom stereocenters. The molecular formula is C24H26FN7O3. The molecule has 0 radical (unpaired) electrons. The van der Waals surface area contributed by atoms with Gasteiger partial charge >= 0.3 is 6.03 Å². The van der Waals surface area contributed by atoms with Gasteiger partial charge in [-0.3, -0.25) is 0 Å². The molecule has 11 heteroatoms. The number of hydrogen-bond acceptors (Lipinski definition) is 8. The van der Waals surface area contributed by atoms with Crippen LogP contribution >= 0.6 is 0 Å². The Hall–Kier alpha value is -3.83. The summed E-state index contributed by atoms with van der Waals surface area (Å²) in [5, 5.41) is 5.44. The van der Waals surface area contributed by atoms with Crippen molar-refractivity contribution in [2.75, 3.05) is 73.0 Å². The molecule has 0 saturated carbocycles. The lowest BCUT2D eigenvalue weighted by molar-refractivity contribution is 0.121. The smallest absolute Gasteiger partial charge is 0.323 e.